The fourth-order valence-electron chi connectivity index (χ4n) is 1.06. The maximum atomic E-state index is 13.2. The number of aryl methyl sites for hydroxylation is 1. The molecule has 0 unspecified atom stereocenters. The lowest BCUT2D eigenvalue weighted by atomic mass is 10.1. The maximum absolute atomic E-state index is 13.2. The molecule has 0 bridgehead atoms. The van der Waals surface area contributed by atoms with E-state index in [1.165, 1.54) is 0 Å². The molecule has 0 aromatic heterocycles. The molecule has 0 amide bonds. The number of benzene rings is 1. The second-order valence-corrected chi connectivity index (χ2v) is 3.42. The van der Waals surface area contributed by atoms with Gasteiger partial charge in [-0.1, -0.05) is 13.0 Å². The van der Waals surface area contributed by atoms with Crippen molar-refractivity contribution in [1.82, 2.24) is 0 Å². The maximum Gasteiger partial charge on any atom is 0.140 e. The Balaban J connectivity index is 3.19. The van der Waals surface area contributed by atoms with Gasteiger partial charge in [0.25, 0.3) is 0 Å². The molecule has 1 nitrogen and oxygen atoms in total. The zero-order chi connectivity index (χ0) is 9.14. The van der Waals surface area contributed by atoms with Crippen LogP contribution in [-0.2, 0) is 13.0 Å². The second kappa shape index (κ2) is 4.01. The van der Waals surface area contributed by atoms with Gasteiger partial charge in [0.05, 0.1) is 11.1 Å². The van der Waals surface area contributed by atoms with Gasteiger partial charge in [-0.2, -0.15) is 0 Å². The molecule has 3 heteroatoms. The fourth-order valence-corrected chi connectivity index (χ4v) is 1.61. The number of aliphatic hydroxyl groups is 1. The lowest BCUT2D eigenvalue weighted by Crippen LogP contribution is -1.93. The van der Waals surface area contributed by atoms with Crippen LogP contribution in [0.3, 0.4) is 0 Å². The van der Waals surface area contributed by atoms with Crippen molar-refractivity contribution in [3.05, 3.63) is 33.5 Å². The van der Waals surface area contributed by atoms with E-state index < -0.39 is 0 Å². The van der Waals surface area contributed by atoms with Gasteiger partial charge >= 0.3 is 0 Å². The molecular weight excluding hydrogens is 223 g/mol. The Hall–Kier alpha value is -0.410. The predicted octanol–water partition coefficient (Wildman–Crippen LogP) is 2.64. The number of halogens is 2. The largest absolute Gasteiger partial charge is 0.392 e. The SMILES string of the molecule is CCc1cc(CO)cc(Br)c1F. The molecule has 0 fully saturated rings. The lowest BCUT2D eigenvalue weighted by Gasteiger charge is -2.04. The van der Waals surface area contributed by atoms with E-state index in [0.29, 0.717) is 16.5 Å². The highest BCUT2D eigenvalue weighted by Crippen LogP contribution is 2.21. The zero-order valence-electron chi connectivity index (χ0n) is 6.77. The van der Waals surface area contributed by atoms with Crippen molar-refractivity contribution < 1.29 is 9.50 Å². The summed E-state index contributed by atoms with van der Waals surface area (Å²) < 4.78 is 13.6. The fraction of sp³-hybridized carbons (Fsp3) is 0.333. The van der Waals surface area contributed by atoms with Crippen molar-refractivity contribution in [3.8, 4) is 0 Å². The monoisotopic (exact) mass is 232 g/mol. The number of hydrogen-bond acceptors (Lipinski definition) is 1. The summed E-state index contributed by atoms with van der Waals surface area (Å²) in [5.41, 5.74) is 1.37. The molecule has 0 atom stereocenters. The Morgan fingerprint density at radius 3 is 2.67 bits per heavy atom. The number of hydrogen-bond donors (Lipinski definition) is 1. The summed E-state index contributed by atoms with van der Waals surface area (Å²) in [6.45, 7) is 1.83. The van der Waals surface area contributed by atoms with E-state index in [0.717, 1.165) is 5.56 Å². The van der Waals surface area contributed by atoms with Crippen molar-refractivity contribution in [2.45, 2.75) is 20.0 Å². The van der Waals surface area contributed by atoms with Gasteiger partial charge in [0.2, 0.25) is 0 Å². The Kier molecular flexibility index (Phi) is 3.23. The molecule has 0 saturated carbocycles. The highest BCUT2D eigenvalue weighted by atomic mass is 79.9. The number of aliphatic hydroxyl groups excluding tert-OH is 1. The zero-order valence-corrected chi connectivity index (χ0v) is 8.36. The van der Waals surface area contributed by atoms with Gasteiger partial charge in [-0.05, 0) is 39.5 Å². The molecule has 0 heterocycles. The molecule has 0 radical (unpaired) electrons. The van der Waals surface area contributed by atoms with Crippen LogP contribution >= 0.6 is 15.9 Å². The molecule has 66 valence electrons. The van der Waals surface area contributed by atoms with Crippen LogP contribution in [0.5, 0.6) is 0 Å². The molecule has 0 saturated heterocycles. The third-order valence-electron chi connectivity index (χ3n) is 1.73. The molecule has 12 heavy (non-hydrogen) atoms. The Bertz CT molecular complexity index is 286. The van der Waals surface area contributed by atoms with Crippen LogP contribution in [0.1, 0.15) is 18.1 Å². The van der Waals surface area contributed by atoms with E-state index in [9.17, 15) is 4.39 Å². The molecule has 0 aliphatic rings. The average Bonchev–Trinajstić information content (AvgIpc) is 2.09. The number of rotatable bonds is 2. The third-order valence-corrected chi connectivity index (χ3v) is 2.30. The van der Waals surface area contributed by atoms with E-state index in [-0.39, 0.29) is 12.4 Å². The van der Waals surface area contributed by atoms with Crippen LogP contribution in [0.4, 0.5) is 4.39 Å². The highest BCUT2D eigenvalue weighted by Gasteiger charge is 2.06. The van der Waals surface area contributed by atoms with E-state index >= 15 is 0 Å². The van der Waals surface area contributed by atoms with Gasteiger partial charge in [-0.15, -0.1) is 0 Å². The van der Waals surface area contributed by atoms with Gasteiger partial charge < -0.3 is 5.11 Å². The highest BCUT2D eigenvalue weighted by molar-refractivity contribution is 9.10. The molecule has 1 rings (SSSR count). The first-order valence-corrected chi connectivity index (χ1v) is 4.56. The van der Waals surface area contributed by atoms with E-state index in [1.807, 2.05) is 6.92 Å². The van der Waals surface area contributed by atoms with E-state index in [2.05, 4.69) is 15.9 Å². The Morgan fingerprint density at radius 1 is 1.50 bits per heavy atom. The minimum atomic E-state index is -0.227. The van der Waals surface area contributed by atoms with Crippen molar-refractivity contribution >= 4 is 15.9 Å². The van der Waals surface area contributed by atoms with Gasteiger partial charge in [0, 0.05) is 0 Å². The summed E-state index contributed by atoms with van der Waals surface area (Å²) in [5, 5.41) is 8.83. The molecular formula is C9H10BrFO. The topological polar surface area (TPSA) is 20.2 Å². The Morgan fingerprint density at radius 2 is 2.17 bits per heavy atom. The van der Waals surface area contributed by atoms with Crippen LogP contribution in [0.25, 0.3) is 0 Å². The summed E-state index contributed by atoms with van der Waals surface area (Å²) in [4.78, 5) is 0. The van der Waals surface area contributed by atoms with Crippen LogP contribution in [0, 0.1) is 5.82 Å². The first-order chi connectivity index (χ1) is 5.69. The molecule has 1 N–H and O–H groups in total. The van der Waals surface area contributed by atoms with Crippen molar-refractivity contribution in [1.29, 1.82) is 0 Å². The van der Waals surface area contributed by atoms with E-state index in [1.54, 1.807) is 12.1 Å². The molecule has 0 aliphatic heterocycles. The summed E-state index contributed by atoms with van der Waals surface area (Å²) in [7, 11) is 0. The lowest BCUT2D eigenvalue weighted by molar-refractivity contribution is 0.281. The van der Waals surface area contributed by atoms with Gasteiger partial charge in [0.1, 0.15) is 5.82 Å². The van der Waals surface area contributed by atoms with Gasteiger partial charge in [0.15, 0.2) is 0 Å². The molecule has 1 aromatic carbocycles. The molecule has 0 aliphatic carbocycles. The summed E-state index contributed by atoms with van der Waals surface area (Å²) in [6, 6.07) is 3.27. The molecule has 1 aromatic rings. The summed E-state index contributed by atoms with van der Waals surface area (Å²) >= 11 is 3.09. The van der Waals surface area contributed by atoms with Crippen molar-refractivity contribution in [2.75, 3.05) is 0 Å². The summed E-state index contributed by atoms with van der Waals surface area (Å²) in [5.74, 6) is -0.227. The minimum absolute atomic E-state index is 0.0497. The average molecular weight is 233 g/mol. The van der Waals surface area contributed by atoms with Crippen LogP contribution in [0.2, 0.25) is 0 Å². The minimum Gasteiger partial charge on any atom is -0.392 e. The quantitative estimate of drug-likeness (QED) is 0.832. The Labute approximate surface area is 79.4 Å². The first kappa shape index (κ1) is 9.68. The van der Waals surface area contributed by atoms with Crippen LogP contribution in [-0.4, -0.2) is 5.11 Å². The van der Waals surface area contributed by atoms with Crippen LogP contribution < -0.4 is 0 Å². The first-order valence-electron chi connectivity index (χ1n) is 3.76. The molecule has 0 spiro atoms. The van der Waals surface area contributed by atoms with Gasteiger partial charge in [-0.25, -0.2) is 4.39 Å². The van der Waals surface area contributed by atoms with Gasteiger partial charge in [-0.3, -0.25) is 0 Å². The van der Waals surface area contributed by atoms with E-state index in [4.69, 9.17) is 5.11 Å². The van der Waals surface area contributed by atoms with Crippen LogP contribution in [0.15, 0.2) is 16.6 Å². The third kappa shape index (κ3) is 1.84. The smallest absolute Gasteiger partial charge is 0.140 e. The predicted molar refractivity (Wildman–Crippen MR) is 49.4 cm³/mol. The normalized spacial score (nSPS) is 10.3. The standard InChI is InChI=1S/C9H10BrFO/c1-2-7-3-6(5-12)4-8(10)9(7)11/h3-4,12H,2,5H2,1H3. The van der Waals surface area contributed by atoms with Crippen molar-refractivity contribution in [2.24, 2.45) is 0 Å². The van der Waals surface area contributed by atoms with Crippen molar-refractivity contribution in [3.63, 3.8) is 0 Å². The summed E-state index contributed by atoms with van der Waals surface area (Å²) in [6.07, 6.45) is 0.637. The second-order valence-electron chi connectivity index (χ2n) is 2.56.